The van der Waals surface area contributed by atoms with Gasteiger partial charge in [-0.05, 0) is 73.3 Å². The lowest BCUT2D eigenvalue weighted by Crippen LogP contribution is -2.43. The van der Waals surface area contributed by atoms with E-state index < -0.39 is 5.41 Å². The predicted octanol–water partition coefficient (Wildman–Crippen LogP) is 3.20. The van der Waals surface area contributed by atoms with Crippen LogP contribution in [0.25, 0.3) is 5.57 Å². The second-order valence-electron chi connectivity index (χ2n) is 12.4. The first-order chi connectivity index (χ1) is 23.2. The van der Waals surface area contributed by atoms with Gasteiger partial charge in [0.05, 0.1) is 30.5 Å². The lowest BCUT2D eigenvalue weighted by molar-refractivity contribution is -0.132. The number of nitrogens with zero attached hydrogens (tertiary/aromatic N) is 6. The summed E-state index contributed by atoms with van der Waals surface area (Å²) in [4.78, 5) is 45.5. The molecule has 2 amide bonds. The monoisotopic (exact) mass is 647 g/mol. The van der Waals surface area contributed by atoms with Crippen LogP contribution in [0.1, 0.15) is 41.6 Å². The molecule has 248 valence electrons. The molecule has 12 heteroatoms. The molecule has 12 nitrogen and oxygen atoms in total. The van der Waals surface area contributed by atoms with Crippen LogP contribution in [0.3, 0.4) is 0 Å². The van der Waals surface area contributed by atoms with Crippen LogP contribution in [0.2, 0.25) is 0 Å². The van der Waals surface area contributed by atoms with E-state index in [4.69, 9.17) is 21.6 Å². The van der Waals surface area contributed by atoms with E-state index in [9.17, 15) is 9.59 Å². The molecule has 0 aliphatic carbocycles. The number of methoxy groups -OCH3 is 1. The molecule has 4 heterocycles. The van der Waals surface area contributed by atoms with Crippen molar-refractivity contribution in [2.24, 2.45) is 21.1 Å². The summed E-state index contributed by atoms with van der Waals surface area (Å²) >= 11 is 0. The van der Waals surface area contributed by atoms with Crippen molar-refractivity contribution in [3.63, 3.8) is 0 Å². The quantitative estimate of drug-likeness (QED) is 0.237. The molecule has 0 unspecified atom stereocenters. The zero-order chi connectivity index (χ0) is 33.8. The minimum absolute atomic E-state index is 0.0136. The third kappa shape index (κ3) is 6.56. The van der Waals surface area contributed by atoms with Crippen LogP contribution < -0.4 is 21.1 Å². The van der Waals surface area contributed by atoms with Gasteiger partial charge in [0.2, 0.25) is 11.8 Å². The zero-order valence-corrected chi connectivity index (χ0v) is 27.4. The number of anilines is 2. The molecule has 48 heavy (non-hydrogen) atoms. The highest BCUT2D eigenvalue weighted by atomic mass is 16.5. The standard InChI is InChI=1S/C36H41N9O3/c1-40-23-41-34(39)27-5-3-24(4-6-27)25-13-17-44(18-14-25)31(46)21-43-19-15-36(22-43)16-20-45(35(36)47)30-12-11-29(37)33(42-30)32(38)26-7-9-28(48-2)10-8-26/h3-13,23,38H,14-22,37H2,1-2H3,(H2,39,40,41)/t36-/m0/s1. The maximum Gasteiger partial charge on any atom is 0.237 e. The summed E-state index contributed by atoms with van der Waals surface area (Å²) in [6.07, 6.45) is 5.69. The Kier molecular flexibility index (Phi) is 9.35. The third-order valence-electron chi connectivity index (χ3n) is 9.53. The predicted molar refractivity (Wildman–Crippen MR) is 189 cm³/mol. The molecular weight excluding hydrogens is 606 g/mol. The van der Waals surface area contributed by atoms with E-state index >= 15 is 0 Å². The zero-order valence-electron chi connectivity index (χ0n) is 27.4. The summed E-state index contributed by atoms with van der Waals surface area (Å²) in [7, 11) is 3.24. The van der Waals surface area contributed by atoms with Crippen LogP contribution in [-0.2, 0) is 9.59 Å². The fourth-order valence-corrected chi connectivity index (χ4v) is 6.71. The minimum atomic E-state index is -0.550. The van der Waals surface area contributed by atoms with Gasteiger partial charge in [0.15, 0.2) is 0 Å². The Morgan fingerprint density at radius 2 is 1.77 bits per heavy atom. The number of aliphatic imine (C=N–C) groups is 2. The summed E-state index contributed by atoms with van der Waals surface area (Å²) in [6.45, 7) is 3.23. The summed E-state index contributed by atoms with van der Waals surface area (Å²) in [5.41, 5.74) is 16.4. The van der Waals surface area contributed by atoms with Crippen LogP contribution >= 0.6 is 0 Å². The van der Waals surface area contributed by atoms with Gasteiger partial charge in [-0.1, -0.05) is 30.3 Å². The van der Waals surface area contributed by atoms with Crippen molar-refractivity contribution in [1.29, 1.82) is 5.41 Å². The number of nitrogens with one attached hydrogen (secondary N) is 1. The average Bonchev–Trinajstić information content (AvgIpc) is 3.68. The second-order valence-corrected chi connectivity index (χ2v) is 12.4. The van der Waals surface area contributed by atoms with E-state index in [2.05, 4.69) is 25.9 Å². The van der Waals surface area contributed by atoms with Gasteiger partial charge in [-0.2, -0.15) is 0 Å². The molecule has 3 aliphatic heterocycles. The number of nitrogen functional groups attached to an aromatic ring is 1. The van der Waals surface area contributed by atoms with Crippen molar-refractivity contribution < 1.29 is 14.3 Å². The topological polar surface area (TPSA) is 167 Å². The summed E-state index contributed by atoms with van der Waals surface area (Å²) in [5.74, 6) is 1.68. The first kappa shape index (κ1) is 32.6. The molecule has 0 bridgehead atoms. The maximum absolute atomic E-state index is 13.9. The smallest absolute Gasteiger partial charge is 0.237 e. The van der Waals surface area contributed by atoms with Crippen molar-refractivity contribution in [2.75, 3.05) is 64.1 Å². The highest BCUT2D eigenvalue weighted by Crippen LogP contribution is 2.42. The molecule has 1 spiro atoms. The number of benzene rings is 2. The van der Waals surface area contributed by atoms with Crippen molar-refractivity contribution in [1.82, 2.24) is 14.8 Å². The molecule has 2 saturated heterocycles. The number of rotatable bonds is 9. The molecule has 1 aromatic heterocycles. The number of amidine groups is 1. The molecule has 3 aliphatic rings. The Balaban J connectivity index is 1.05. The van der Waals surface area contributed by atoms with Crippen LogP contribution in [0.4, 0.5) is 11.5 Å². The molecule has 1 atom stereocenters. The Bertz CT molecular complexity index is 1800. The first-order valence-electron chi connectivity index (χ1n) is 16.1. The molecule has 0 saturated carbocycles. The number of likely N-dealkylation sites (tertiary alicyclic amines) is 1. The number of pyridine rings is 1. The Labute approximate surface area is 280 Å². The van der Waals surface area contributed by atoms with Gasteiger partial charge in [-0.15, -0.1) is 0 Å². The number of aromatic nitrogens is 1. The molecule has 2 aromatic carbocycles. The number of carbonyl (C=O) groups is 2. The summed E-state index contributed by atoms with van der Waals surface area (Å²) in [5, 5.41) is 8.74. The fraction of sp³-hybridized carbons (Fsp3) is 0.333. The second kappa shape index (κ2) is 13.8. The van der Waals surface area contributed by atoms with Crippen LogP contribution in [0.5, 0.6) is 5.75 Å². The first-order valence-corrected chi connectivity index (χ1v) is 16.1. The molecular formula is C36H41N9O3. The van der Waals surface area contributed by atoms with Crippen molar-refractivity contribution >= 4 is 46.8 Å². The number of amides is 2. The minimum Gasteiger partial charge on any atom is -0.497 e. The van der Waals surface area contributed by atoms with Crippen molar-refractivity contribution in [3.05, 3.63) is 89.1 Å². The van der Waals surface area contributed by atoms with E-state index in [1.165, 1.54) is 11.9 Å². The van der Waals surface area contributed by atoms with Gasteiger partial charge in [0, 0.05) is 44.4 Å². The van der Waals surface area contributed by atoms with E-state index in [1.807, 2.05) is 29.2 Å². The van der Waals surface area contributed by atoms with Gasteiger partial charge in [0.1, 0.15) is 29.4 Å². The van der Waals surface area contributed by atoms with Gasteiger partial charge >= 0.3 is 0 Å². The largest absolute Gasteiger partial charge is 0.497 e. The van der Waals surface area contributed by atoms with Crippen molar-refractivity contribution in [2.45, 2.75) is 19.3 Å². The van der Waals surface area contributed by atoms with E-state index in [-0.39, 0.29) is 24.1 Å². The normalized spacial score (nSPS) is 20.2. The lowest BCUT2D eigenvalue weighted by Gasteiger charge is -2.29. The Morgan fingerprint density at radius 3 is 2.46 bits per heavy atom. The van der Waals surface area contributed by atoms with Gasteiger partial charge in [-0.25, -0.2) is 9.98 Å². The van der Waals surface area contributed by atoms with Gasteiger partial charge in [0.25, 0.3) is 0 Å². The van der Waals surface area contributed by atoms with E-state index in [1.54, 1.807) is 55.5 Å². The maximum atomic E-state index is 13.9. The number of hydrogen-bond donors (Lipinski definition) is 3. The SMILES string of the molecule is CN=CN=C(N)c1ccc(C2=CCN(C(=O)CN3CC[C@]4(CCN(c5ccc(N)c(C(=N)c6ccc(OC)cc6)n5)C4=O)C3)CC2)cc1. The fourth-order valence-electron chi connectivity index (χ4n) is 6.71. The Morgan fingerprint density at radius 1 is 1.04 bits per heavy atom. The van der Waals surface area contributed by atoms with Gasteiger partial charge < -0.3 is 21.1 Å². The van der Waals surface area contributed by atoms with E-state index in [0.29, 0.717) is 79.9 Å². The third-order valence-corrected chi connectivity index (χ3v) is 9.53. The molecule has 0 radical (unpaired) electrons. The number of nitrogens with two attached hydrogens (primary N) is 2. The molecule has 5 N–H and O–H groups in total. The summed E-state index contributed by atoms with van der Waals surface area (Å²) in [6, 6.07) is 18.5. The molecule has 3 aromatic rings. The van der Waals surface area contributed by atoms with Crippen LogP contribution in [-0.4, -0.2) is 97.9 Å². The highest BCUT2D eigenvalue weighted by Gasteiger charge is 2.51. The Hall–Kier alpha value is -5.36. The van der Waals surface area contributed by atoms with Crippen molar-refractivity contribution in [3.8, 4) is 5.75 Å². The van der Waals surface area contributed by atoms with E-state index in [0.717, 1.165) is 17.5 Å². The average molecular weight is 648 g/mol. The lowest BCUT2D eigenvalue weighted by atomic mass is 9.85. The van der Waals surface area contributed by atoms with Gasteiger partial charge in [-0.3, -0.25) is 29.8 Å². The molecule has 6 rings (SSSR count). The number of ether oxygens (including phenoxy) is 1. The number of hydrogen-bond acceptors (Lipinski definition) is 8. The van der Waals surface area contributed by atoms with Crippen LogP contribution in [0, 0.1) is 10.8 Å². The molecule has 2 fully saturated rings. The highest BCUT2D eigenvalue weighted by molar-refractivity contribution is 6.13. The van der Waals surface area contributed by atoms with Crippen LogP contribution in [0.15, 0.2) is 76.7 Å². The summed E-state index contributed by atoms with van der Waals surface area (Å²) < 4.78 is 5.23. The number of carbonyl (C=O) groups excluding carboxylic acids is 2.